The number of anilines is 2. The van der Waals surface area contributed by atoms with E-state index in [2.05, 4.69) is 89.8 Å². The molecule has 11 heteroatoms. The molecule has 5 heterocycles. The number of H-pyrrole nitrogens is 1. The lowest BCUT2D eigenvalue weighted by Crippen LogP contribution is -2.51. The van der Waals surface area contributed by atoms with Crippen molar-refractivity contribution in [3.63, 3.8) is 0 Å². The highest BCUT2D eigenvalue weighted by molar-refractivity contribution is 5.94. The molecule has 3 aliphatic heterocycles. The zero-order valence-corrected chi connectivity index (χ0v) is 26.5. The van der Waals surface area contributed by atoms with Crippen LogP contribution in [0.5, 0.6) is 0 Å². The molecule has 2 fully saturated rings. The summed E-state index contributed by atoms with van der Waals surface area (Å²) < 4.78 is 0. The van der Waals surface area contributed by atoms with E-state index in [9.17, 15) is 9.59 Å². The summed E-state index contributed by atoms with van der Waals surface area (Å²) in [5.41, 5.74) is 6.51. The molecule has 0 spiro atoms. The van der Waals surface area contributed by atoms with E-state index < -0.39 is 0 Å². The number of aromatic amines is 1. The van der Waals surface area contributed by atoms with Crippen LogP contribution in [-0.4, -0.2) is 114 Å². The van der Waals surface area contributed by atoms with Crippen LogP contribution >= 0.6 is 0 Å². The molecule has 1 atom stereocenters. The highest BCUT2D eigenvalue weighted by Gasteiger charge is 2.27. The fraction of sp³-hybridized carbons (Fsp3) is 0.343. The number of hydrogen-bond donors (Lipinski definition) is 2. The Morgan fingerprint density at radius 2 is 1.83 bits per heavy atom. The van der Waals surface area contributed by atoms with Gasteiger partial charge in [-0.15, -0.1) is 0 Å². The number of nitrogens with zero attached hydrogens (tertiary/aromatic N) is 7. The van der Waals surface area contributed by atoms with Gasteiger partial charge in [0.1, 0.15) is 6.29 Å². The summed E-state index contributed by atoms with van der Waals surface area (Å²) in [6.45, 7) is 6.01. The first kappa shape index (κ1) is 31.0. The minimum absolute atomic E-state index is 0.0916. The van der Waals surface area contributed by atoms with Gasteiger partial charge in [0.15, 0.2) is 5.82 Å². The number of carbonyl (C=O) groups excluding carboxylic acids is 2. The third-order valence-corrected chi connectivity index (χ3v) is 8.78. The molecule has 46 heavy (non-hydrogen) atoms. The Labute approximate surface area is 269 Å². The normalized spacial score (nSPS) is 18.3. The molecule has 0 saturated carbocycles. The number of fused-ring (bicyclic) bond motifs is 1. The largest absolute Gasteiger partial charge is 0.388 e. The predicted octanol–water partition coefficient (Wildman–Crippen LogP) is 3.76. The van der Waals surface area contributed by atoms with Crippen LogP contribution in [0.2, 0.25) is 0 Å². The summed E-state index contributed by atoms with van der Waals surface area (Å²) in [5, 5.41) is 11.8. The van der Waals surface area contributed by atoms with Crippen LogP contribution in [0.4, 0.5) is 11.4 Å². The number of benzene rings is 2. The van der Waals surface area contributed by atoms with Gasteiger partial charge in [0, 0.05) is 99.6 Å². The summed E-state index contributed by atoms with van der Waals surface area (Å²) >= 11 is 0. The predicted molar refractivity (Wildman–Crippen MR) is 182 cm³/mol. The van der Waals surface area contributed by atoms with E-state index in [1.165, 1.54) is 5.57 Å². The molecule has 1 amide bonds. The van der Waals surface area contributed by atoms with Crippen LogP contribution < -0.4 is 10.2 Å². The topological polar surface area (TPSA) is 114 Å². The smallest absolute Gasteiger partial charge is 0.236 e. The Morgan fingerprint density at radius 3 is 2.50 bits per heavy atom. The second-order valence-corrected chi connectivity index (χ2v) is 11.9. The molecule has 1 unspecified atom stereocenters. The van der Waals surface area contributed by atoms with E-state index in [-0.39, 0.29) is 11.8 Å². The van der Waals surface area contributed by atoms with Gasteiger partial charge >= 0.3 is 0 Å². The van der Waals surface area contributed by atoms with Crippen molar-refractivity contribution in [2.75, 3.05) is 76.7 Å². The maximum atomic E-state index is 12.6. The van der Waals surface area contributed by atoms with Gasteiger partial charge in [-0.1, -0.05) is 6.08 Å². The second-order valence-electron chi connectivity index (χ2n) is 11.9. The molecule has 2 saturated heterocycles. The summed E-state index contributed by atoms with van der Waals surface area (Å²) in [5.74, 6) is 0.986. The maximum absolute atomic E-state index is 12.6. The summed E-state index contributed by atoms with van der Waals surface area (Å²) in [4.78, 5) is 40.5. The third kappa shape index (κ3) is 7.26. The molecule has 11 nitrogen and oxygen atoms in total. The number of likely N-dealkylation sites (N-methyl/N-ethyl adjacent to an activating group) is 1. The SMILES string of the molecule is CNc1ccc2[nH]nc(C3=CCN(C)C=C3)c2c1.O=CC1CCN(CC(=O)N2CCN(c3ccc(-c4ncccn4)cc3)CC2)C1. The van der Waals surface area contributed by atoms with Crippen molar-refractivity contribution in [3.8, 4) is 11.4 Å². The quantitative estimate of drug-likeness (QED) is 0.299. The van der Waals surface area contributed by atoms with Crippen LogP contribution in [-0.2, 0) is 9.59 Å². The zero-order chi connectivity index (χ0) is 31.9. The number of rotatable bonds is 7. The molecule has 238 valence electrons. The number of carbonyl (C=O) groups is 2. The molecule has 0 aliphatic carbocycles. The van der Waals surface area contributed by atoms with Crippen molar-refractivity contribution < 1.29 is 9.59 Å². The van der Waals surface area contributed by atoms with Crippen LogP contribution in [0.1, 0.15) is 12.1 Å². The zero-order valence-electron chi connectivity index (χ0n) is 26.5. The summed E-state index contributed by atoms with van der Waals surface area (Å²) in [6, 6.07) is 16.3. The van der Waals surface area contributed by atoms with Crippen molar-refractivity contribution in [3.05, 3.63) is 85.0 Å². The van der Waals surface area contributed by atoms with Crippen LogP contribution in [0.25, 0.3) is 27.9 Å². The van der Waals surface area contributed by atoms with Crippen molar-refractivity contribution >= 4 is 40.0 Å². The van der Waals surface area contributed by atoms with Crippen molar-refractivity contribution in [1.82, 2.24) is 34.9 Å². The Morgan fingerprint density at radius 1 is 1.04 bits per heavy atom. The molecular formula is C35H41N9O2. The molecule has 2 N–H and O–H groups in total. The van der Waals surface area contributed by atoms with E-state index in [1.807, 2.05) is 36.2 Å². The van der Waals surface area contributed by atoms with Gasteiger partial charge in [0.05, 0.1) is 17.8 Å². The van der Waals surface area contributed by atoms with Gasteiger partial charge in [0.25, 0.3) is 0 Å². The molecule has 4 aromatic rings. The monoisotopic (exact) mass is 619 g/mol. The van der Waals surface area contributed by atoms with Crippen molar-refractivity contribution in [2.45, 2.75) is 6.42 Å². The number of aromatic nitrogens is 4. The fourth-order valence-electron chi connectivity index (χ4n) is 6.04. The third-order valence-electron chi connectivity index (χ3n) is 8.78. The number of piperazine rings is 1. The molecule has 0 radical (unpaired) electrons. The lowest BCUT2D eigenvalue weighted by molar-refractivity contribution is -0.132. The summed E-state index contributed by atoms with van der Waals surface area (Å²) in [6.07, 6.45) is 11.7. The molecule has 7 rings (SSSR count). The standard InChI is InChI=1S/C21H25N5O2.C14H16N4/c27-16-17-6-9-24(14-17)15-20(28)26-12-10-25(11-13-26)19-4-2-18(3-5-19)21-22-7-1-8-23-21;1-15-11-3-4-13-12(9-11)14(17-16-13)10-5-7-18(2)8-6-10/h1-5,7-8,16-17H,6,9-15H2;3-7,9,15H,8H2,1-2H3,(H,16,17). The van der Waals surface area contributed by atoms with Gasteiger partial charge in [0.2, 0.25) is 5.91 Å². The average Bonchev–Trinajstić information content (AvgIpc) is 3.76. The van der Waals surface area contributed by atoms with Crippen molar-refractivity contribution in [1.29, 1.82) is 0 Å². The van der Waals surface area contributed by atoms with E-state index in [1.54, 1.807) is 12.4 Å². The molecular weight excluding hydrogens is 578 g/mol. The van der Waals surface area contributed by atoms with Crippen LogP contribution in [0, 0.1) is 5.92 Å². The maximum Gasteiger partial charge on any atom is 0.236 e. The number of aldehydes is 1. The van der Waals surface area contributed by atoms with Gasteiger partial charge in [-0.25, -0.2) is 9.97 Å². The molecule has 3 aliphatic rings. The van der Waals surface area contributed by atoms with Crippen molar-refractivity contribution in [2.24, 2.45) is 5.92 Å². The Balaban J connectivity index is 0.000000178. The molecule has 0 bridgehead atoms. The first-order chi connectivity index (χ1) is 22.5. The number of nitrogens with one attached hydrogen (secondary N) is 2. The van der Waals surface area contributed by atoms with Gasteiger partial charge in [-0.2, -0.15) is 5.10 Å². The van der Waals surface area contributed by atoms with Crippen LogP contribution in [0.3, 0.4) is 0 Å². The number of hydrogen-bond acceptors (Lipinski definition) is 9. The molecule has 2 aromatic heterocycles. The Bertz CT molecular complexity index is 1690. The minimum Gasteiger partial charge on any atom is -0.388 e. The summed E-state index contributed by atoms with van der Waals surface area (Å²) in [7, 11) is 3.99. The number of likely N-dealkylation sites (tertiary alicyclic amines) is 1. The highest BCUT2D eigenvalue weighted by Crippen LogP contribution is 2.27. The molecule has 2 aromatic carbocycles. The van der Waals surface area contributed by atoms with E-state index >= 15 is 0 Å². The van der Waals surface area contributed by atoms with E-state index in [4.69, 9.17) is 0 Å². The minimum atomic E-state index is 0.0916. The van der Waals surface area contributed by atoms with Gasteiger partial charge in [-0.05, 0) is 73.8 Å². The van der Waals surface area contributed by atoms with Gasteiger partial charge in [-0.3, -0.25) is 14.8 Å². The number of allylic oxidation sites excluding steroid dienone is 2. The second kappa shape index (κ2) is 14.4. The average molecular weight is 620 g/mol. The number of amides is 1. The fourth-order valence-corrected chi connectivity index (χ4v) is 6.04. The first-order valence-corrected chi connectivity index (χ1v) is 15.8. The van der Waals surface area contributed by atoms with Crippen LogP contribution in [0.15, 0.2) is 79.3 Å². The Kier molecular flexibility index (Phi) is 9.68. The lowest BCUT2D eigenvalue weighted by Gasteiger charge is -2.36. The first-order valence-electron chi connectivity index (χ1n) is 15.8. The van der Waals surface area contributed by atoms with Gasteiger partial charge < -0.3 is 24.8 Å². The lowest BCUT2D eigenvalue weighted by atomic mass is 10.1. The van der Waals surface area contributed by atoms with E-state index in [0.29, 0.717) is 13.1 Å². The highest BCUT2D eigenvalue weighted by atomic mass is 16.2. The Hall–Kier alpha value is -5.03. The van der Waals surface area contributed by atoms with E-state index in [0.717, 1.165) is 91.3 Å².